The molecule has 1 saturated heterocycles. The van der Waals surface area contributed by atoms with Gasteiger partial charge in [-0.25, -0.2) is 4.98 Å². The summed E-state index contributed by atoms with van der Waals surface area (Å²) in [6, 6.07) is 0. The molecule has 18 heavy (non-hydrogen) atoms. The Hall–Kier alpha value is -0.650. The molecule has 1 fully saturated rings. The highest BCUT2D eigenvalue weighted by Gasteiger charge is 2.18. The molecule has 1 atom stereocenters. The minimum atomic E-state index is 0.360. The fourth-order valence-electron chi connectivity index (χ4n) is 2.30. The largest absolute Gasteiger partial charge is 0.376 e. The lowest BCUT2D eigenvalue weighted by molar-refractivity contribution is 0.0216. The van der Waals surface area contributed by atoms with Crippen molar-refractivity contribution >= 4 is 16.5 Å². The minimum Gasteiger partial charge on any atom is -0.376 e. The summed E-state index contributed by atoms with van der Waals surface area (Å²) in [6.07, 6.45) is 4.97. The van der Waals surface area contributed by atoms with Gasteiger partial charge >= 0.3 is 0 Å². The first-order valence-corrected chi connectivity index (χ1v) is 7.57. The second kappa shape index (κ2) is 6.50. The van der Waals surface area contributed by atoms with E-state index < -0.39 is 0 Å². The van der Waals surface area contributed by atoms with Crippen LogP contribution in [0.3, 0.4) is 0 Å². The van der Waals surface area contributed by atoms with Crippen molar-refractivity contribution in [1.82, 2.24) is 4.98 Å². The number of nitrogens with two attached hydrogens (primary N) is 1. The third-order valence-corrected chi connectivity index (χ3v) is 4.60. The summed E-state index contributed by atoms with van der Waals surface area (Å²) in [6.45, 7) is 4.56. The smallest absolute Gasteiger partial charge is 0.185 e. The van der Waals surface area contributed by atoms with Gasteiger partial charge in [-0.3, -0.25) is 0 Å². The number of likely N-dealkylation sites (N-methyl/N-ethyl adjacent to an activating group) is 1. The summed E-state index contributed by atoms with van der Waals surface area (Å²) in [5.74, 6) is 0. The number of hydrogen-bond acceptors (Lipinski definition) is 5. The van der Waals surface area contributed by atoms with E-state index in [1.807, 2.05) is 0 Å². The van der Waals surface area contributed by atoms with Crippen LogP contribution in [0, 0.1) is 0 Å². The molecule has 0 spiro atoms. The average molecular weight is 269 g/mol. The van der Waals surface area contributed by atoms with Crippen molar-refractivity contribution in [2.75, 3.05) is 25.1 Å². The Morgan fingerprint density at radius 2 is 2.33 bits per heavy atom. The maximum atomic E-state index is 5.77. The molecule has 102 valence electrons. The third kappa shape index (κ3) is 3.22. The normalized spacial score (nSPS) is 20.1. The number of thiazole rings is 1. The molecule has 0 aromatic carbocycles. The predicted octanol–water partition coefficient (Wildman–Crippen LogP) is 2.17. The van der Waals surface area contributed by atoms with Gasteiger partial charge in [0, 0.05) is 31.6 Å². The highest BCUT2D eigenvalue weighted by atomic mass is 32.1. The van der Waals surface area contributed by atoms with Gasteiger partial charge in [0.2, 0.25) is 0 Å². The van der Waals surface area contributed by atoms with Gasteiger partial charge in [-0.05, 0) is 25.7 Å². The van der Waals surface area contributed by atoms with Crippen LogP contribution in [0.25, 0.3) is 0 Å². The van der Waals surface area contributed by atoms with Gasteiger partial charge < -0.3 is 15.4 Å². The molecule has 0 radical (unpaired) electrons. The first-order valence-electron chi connectivity index (χ1n) is 6.76. The molecule has 1 aliphatic rings. The third-order valence-electron chi connectivity index (χ3n) is 3.37. The molecule has 1 unspecified atom stereocenters. The summed E-state index contributed by atoms with van der Waals surface area (Å²) in [4.78, 5) is 8.09. The monoisotopic (exact) mass is 269 g/mol. The molecule has 2 N–H and O–H groups in total. The summed E-state index contributed by atoms with van der Waals surface area (Å²) < 4.78 is 5.77. The van der Waals surface area contributed by atoms with Gasteiger partial charge in [0.05, 0.1) is 11.8 Å². The van der Waals surface area contributed by atoms with Crippen molar-refractivity contribution in [3.63, 3.8) is 0 Å². The molecule has 0 amide bonds. The maximum Gasteiger partial charge on any atom is 0.185 e. The number of anilines is 1. The van der Waals surface area contributed by atoms with Gasteiger partial charge in [-0.1, -0.05) is 6.92 Å². The van der Waals surface area contributed by atoms with Crippen molar-refractivity contribution in [3.8, 4) is 0 Å². The van der Waals surface area contributed by atoms with Crippen molar-refractivity contribution in [1.29, 1.82) is 0 Å². The van der Waals surface area contributed by atoms with E-state index in [9.17, 15) is 0 Å². The molecule has 5 heteroatoms. The quantitative estimate of drug-likeness (QED) is 0.890. The van der Waals surface area contributed by atoms with E-state index in [4.69, 9.17) is 10.5 Å². The Bertz CT molecular complexity index is 353. The zero-order valence-corrected chi connectivity index (χ0v) is 12.1. The Morgan fingerprint density at radius 1 is 1.50 bits per heavy atom. The number of aryl methyl sites for hydroxylation is 1. The van der Waals surface area contributed by atoms with Gasteiger partial charge in [-0.15, -0.1) is 11.3 Å². The van der Waals surface area contributed by atoms with Crippen LogP contribution in [0.15, 0.2) is 0 Å². The Labute approximate surface area is 113 Å². The van der Waals surface area contributed by atoms with E-state index >= 15 is 0 Å². The van der Waals surface area contributed by atoms with E-state index in [-0.39, 0.29) is 0 Å². The molecule has 0 bridgehead atoms. The molecular weight excluding hydrogens is 246 g/mol. The topological polar surface area (TPSA) is 51.4 Å². The Morgan fingerprint density at radius 3 is 2.89 bits per heavy atom. The van der Waals surface area contributed by atoms with Crippen LogP contribution in [0.2, 0.25) is 0 Å². The lowest BCUT2D eigenvalue weighted by Gasteiger charge is -2.27. The second-order valence-electron chi connectivity index (χ2n) is 4.79. The molecule has 2 heterocycles. The lowest BCUT2D eigenvalue weighted by atomic mass is 10.1. The van der Waals surface area contributed by atoms with Crippen molar-refractivity contribution in [3.05, 3.63) is 10.6 Å². The number of ether oxygens (including phenoxy) is 1. The molecule has 1 aromatic heterocycles. The zero-order chi connectivity index (χ0) is 13.0. The first-order chi connectivity index (χ1) is 8.74. The Kier molecular flexibility index (Phi) is 4.97. The van der Waals surface area contributed by atoms with Crippen molar-refractivity contribution in [2.24, 2.45) is 5.73 Å². The Balaban J connectivity index is 1.98. The SMILES string of the molecule is CCc1nc(N(C)CC2CCCCO2)sc1CN. The summed E-state index contributed by atoms with van der Waals surface area (Å²) in [5, 5.41) is 1.07. The van der Waals surface area contributed by atoms with Crippen molar-refractivity contribution < 1.29 is 4.74 Å². The molecule has 0 saturated carbocycles. The van der Waals surface area contributed by atoms with Gasteiger partial charge in [0.15, 0.2) is 5.13 Å². The maximum absolute atomic E-state index is 5.77. The number of rotatable bonds is 5. The summed E-state index contributed by atoms with van der Waals surface area (Å²) in [7, 11) is 2.09. The molecule has 1 aliphatic heterocycles. The van der Waals surface area contributed by atoms with Gasteiger partial charge in [-0.2, -0.15) is 0 Å². The highest BCUT2D eigenvalue weighted by Crippen LogP contribution is 2.26. The number of nitrogens with zero attached hydrogens (tertiary/aromatic N) is 2. The molecule has 4 nitrogen and oxygen atoms in total. The fraction of sp³-hybridized carbons (Fsp3) is 0.769. The van der Waals surface area contributed by atoms with Gasteiger partial charge in [0.25, 0.3) is 0 Å². The van der Waals surface area contributed by atoms with E-state index in [0.29, 0.717) is 12.6 Å². The van der Waals surface area contributed by atoms with Crippen LogP contribution >= 0.6 is 11.3 Å². The van der Waals surface area contributed by atoms with E-state index in [1.165, 1.54) is 24.1 Å². The molecular formula is C13H23N3OS. The first kappa shape index (κ1) is 13.8. The molecule has 0 aliphatic carbocycles. The lowest BCUT2D eigenvalue weighted by Crippen LogP contribution is -2.33. The van der Waals surface area contributed by atoms with Crippen LogP contribution in [-0.2, 0) is 17.7 Å². The number of aromatic nitrogens is 1. The fourth-order valence-corrected chi connectivity index (χ4v) is 3.30. The minimum absolute atomic E-state index is 0.360. The van der Waals surface area contributed by atoms with Crippen molar-refractivity contribution in [2.45, 2.75) is 45.3 Å². The van der Waals surface area contributed by atoms with Gasteiger partial charge in [0.1, 0.15) is 0 Å². The highest BCUT2D eigenvalue weighted by molar-refractivity contribution is 7.15. The average Bonchev–Trinajstić information content (AvgIpc) is 2.83. The zero-order valence-electron chi connectivity index (χ0n) is 11.3. The van der Waals surface area contributed by atoms with E-state index in [1.54, 1.807) is 11.3 Å². The predicted molar refractivity (Wildman–Crippen MR) is 76.2 cm³/mol. The van der Waals surface area contributed by atoms with Crippen LogP contribution < -0.4 is 10.6 Å². The second-order valence-corrected chi connectivity index (χ2v) is 5.86. The van der Waals surface area contributed by atoms with E-state index in [0.717, 1.165) is 30.4 Å². The number of hydrogen-bond donors (Lipinski definition) is 1. The van der Waals surface area contributed by atoms with Crippen LogP contribution in [-0.4, -0.2) is 31.3 Å². The van der Waals surface area contributed by atoms with Crippen LogP contribution in [0.5, 0.6) is 0 Å². The summed E-state index contributed by atoms with van der Waals surface area (Å²) >= 11 is 1.72. The van der Waals surface area contributed by atoms with Crippen LogP contribution in [0.4, 0.5) is 5.13 Å². The molecule has 2 rings (SSSR count). The molecule has 1 aromatic rings. The standard InChI is InChI=1S/C13H23N3OS/c1-3-11-12(8-14)18-13(15-11)16(2)9-10-6-4-5-7-17-10/h10H,3-9,14H2,1-2H3. The van der Waals surface area contributed by atoms with E-state index in [2.05, 4.69) is 23.9 Å². The summed E-state index contributed by atoms with van der Waals surface area (Å²) in [5.41, 5.74) is 6.90. The van der Waals surface area contributed by atoms with Crippen LogP contribution in [0.1, 0.15) is 36.8 Å².